The van der Waals surface area contributed by atoms with Crippen LogP contribution in [-0.4, -0.2) is 26.3 Å². The minimum Gasteiger partial charge on any atom is -0.309 e. The second kappa shape index (κ2) is 6.82. The number of thiophene rings is 1. The van der Waals surface area contributed by atoms with Gasteiger partial charge in [-0.05, 0) is 59.6 Å². The lowest BCUT2D eigenvalue weighted by Crippen LogP contribution is -3.09. The summed E-state index contributed by atoms with van der Waals surface area (Å²) in [6.45, 7) is 6.10. The van der Waals surface area contributed by atoms with Crippen LogP contribution in [0.3, 0.4) is 0 Å². The number of aromatic nitrogens is 4. The van der Waals surface area contributed by atoms with Gasteiger partial charge in [-0.1, -0.05) is 23.8 Å². The molecule has 1 fully saturated rings. The van der Waals surface area contributed by atoms with E-state index in [1.54, 1.807) is 4.68 Å². The molecule has 1 saturated heterocycles. The SMILES string of the molecule is Cc1ccc(-n2nnn(C[NH+]3CCC[C@H]3c3cccs3)c2=S)c(C)c1. The van der Waals surface area contributed by atoms with E-state index in [1.165, 1.54) is 28.2 Å². The maximum atomic E-state index is 5.66. The molecule has 1 N–H and O–H groups in total. The van der Waals surface area contributed by atoms with Crippen LogP contribution in [0.25, 0.3) is 5.69 Å². The molecule has 2 atom stereocenters. The summed E-state index contributed by atoms with van der Waals surface area (Å²) >= 11 is 7.51. The summed E-state index contributed by atoms with van der Waals surface area (Å²) in [5.74, 6) is 0. The first-order valence-corrected chi connectivity index (χ1v) is 9.90. The van der Waals surface area contributed by atoms with Gasteiger partial charge >= 0.3 is 0 Å². The molecule has 0 aliphatic carbocycles. The van der Waals surface area contributed by atoms with Crippen LogP contribution in [0.2, 0.25) is 0 Å². The number of rotatable bonds is 4. The van der Waals surface area contributed by atoms with Crippen molar-refractivity contribution in [3.8, 4) is 5.69 Å². The van der Waals surface area contributed by atoms with E-state index in [0.717, 1.165) is 24.5 Å². The summed E-state index contributed by atoms with van der Waals surface area (Å²) in [6, 6.07) is 11.2. The zero-order valence-corrected chi connectivity index (χ0v) is 16.1. The van der Waals surface area contributed by atoms with Crippen molar-refractivity contribution in [1.82, 2.24) is 19.8 Å². The zero-order valence-electron chi connectivity index (χ0n) is 14.5. The minimum atomic E-state index is 0.549. The van der Waals surface area contributed by atoms with Crippen LogP contribution in [0.15, 0.2) is 35.7 Å². The molecule has 3 heterocycles. The molecule has 0 amide bonds. The third kappa shape index (κ3) is 3.19. The molecule has 0 spiro atoms. The van der Waals surface area contributed by atoms with Crippen LogP contribution in [0, 0.1) is 18.6 Å². The first-order valence-electron chi connectivity index (χ1n) is 8.62. The average molecular weight is 373 g/mol. The van der Waals surface area contributed by atoms with E-state index in [1.807, 2.05) is 16.0 Å². The molecule has 0 bridgehead atoms. The molecule has 2 aromatic heterocycles. The van der Waals surface area contributed by atoms with Gasteiger partial charge in [0.2, 0.25) is 4.77 Å². The molecule has 7 heteroatoms. The Morgan fingerprint density at radius 2 is 2.16 bits per heavy atom. The molecule has 1 unspecified atom stereocenters. The van der Waals surface area contributed by atoms with Gasteiger partial charge in [0.15, 0.2) is 6.67 Å². The van der Waals surface area contributed by atoms with Gasteiger partial charge in [-0.15, -0.1) is 11.3 Å². The van der Waals surface area contributed by atoms with Gasteiger partial charge < -0.3 is 4.90 Å². The first-order chi connectivity index (χ1) is 12.1. The fourth-order valence-corrected chi connectivity index (χ4v) is 4.85. The molecule has 1 aliphatic heterocycles. The van der Waals surface area contributed by atoms with E-state index in [9.17, 15) is 0 Å². The second-order valence-corrected chi connectivity index (χ2v) is 8.08. The van der Waals surface area contributed by atoms with Gasteiger partial charge in [0.25, 0.3) is 0 Å². The third-order valence-electron chi connectivity index (χ3n) is 4.94. The lowest BCUT2D eigenvalue weighted by atomic mass is 10.1. The highest BCUT2D eigenvalue weighted by molar-refractivity contribution is 7.71. The summed E-state index contributed by atoms with van der Waals surface area (Å²) in [6.07, 6.45) is 2.48. The highest BCUT2D eigenvalue weighted by atomic mass is 32.1. The molecular formula is C18H22N5S2+. The lowest BCUT2D eigenvalue weighted by Gasteiger charge is -2.19. The normalized spacial score (nSPS) is 20.2. The Kier molecular flexibility index (Phi) is 4.54. The van der Waals surface area contributed by atoms with Crippen LogP contribution in [-0.2, 0) is 6.67 Å². The van der Waals surface area contributed by atoms with Crippen molar-refractivity contribution in [2.75, 3.05) is 6.54 Å². The predicted molar refractivity (Wildman–Crippen MR) is 102 cm³/mol. The summed E-state index contributed by atoms with van der Waals surface area (Å²) in [7, 11) is 0. The molecular weight excluding hydrogens is 350 g/mol. The molecule has 25 heavy (non-hydrogen) atoms. The van der Waals surface area contributed by atoms with Crippen LogP contribution in [0.5, 0.6) is 0 Å². The van der Waals surface area contributed by atoms with Crippen molar-refractivity contribution < 1.29 is 4.90 Å². The van der Waals surface area contributed by atoms with Crippen molar-refractivity contribution in [3.63, 3.8) is 0 Å². The Labute approximate surface area is 156 Å². The van der Waals surface area contributed by atoms with Crippen molar-refractivity contribution in [2.45, 2.75) is 39.4 Å². The fraction of sp³-hybridized carbons (Fsp3) is 0.389. The van der Waals surface area contributed by atoms with E-state index in [2.05, 4.69) is 60.0 Å². The van der Waals surface area contributed by atoms with Crippen LogP contribution >= 0.6 is 23.6 Å². The van der Waals surface area contributed by atoms with E-state index in [0.29, 0.717) is 10.8 Å². The molecule has 0 radical (unpaired) electrons. The maximum Gasteiger partial charge on any atom is 0.225 e. The number of hydrogen-bond acceptors (Lipinski definition) is 4. The number of likely N-dealkylation sites (tertiary alicyclic amines) is 1. The van der Waals surface area contributed by atoms with Crippen LogP contribution in [0.4, 0.5) is 0 Å². The quantitative estimate of drug-likeness (QED) is 0.716. The summed E-state index contributed by atoms with van der Waals surface area (Å²) in [5.41, 5.74) is 3.40. The molecule has 1 aliphatic rings. The maximum absolute atomic E-state index is 5.66. The number of nitrogens with one attached hydrogen (secondary N) is 1. The average Bonchev–Trinajstić information content (AvgIpc) is 3.31. The van der Waals surface area contributed by atoms with Crippen molar-refractivity contribution >= 4 is 23.6 Å². The first kappa shape index (κ1) is 16.6. The zero-order chi connectivity index (χ0) is 17.4. The van der Waals surface area contributed by atoms with Crippen molar-refractivity contribution in [1.29, 1.82) is 0 Å². The van der Waals surface area contributed by atoms with Gasteiger partial charge in [-0.2, -0.15) is 9.36 Å². The molecule has 130 valence electrons. The minimum absolute atomic E-state index is 0.549. The molecule has 5 nitrogen and oxygen atoms in total. The highest BCUT2D eigenvalue weighted by Crippen LogP contribution is 2.23. The number of hydrogen-bond donors (Lipinski definition) is 1. The third-order valence-corrected chi connectivity index (χ3v) is 6.31. The number of aryl methyl sites for hydroxylation is 2. The predicted octanol–water partition coefficient (Wildman–Crippen LogP) is 2.85. The fourth-order valence-electron chi connectivity index (χ4n) is 3.69. The number of tetrazole rings is 1. The molecule has 3 aromatic rings. The standard InChI is InChI=1S/C18H21N5S2/c1-13-7-8-15(14(2)11-13)23-18(24)22(19-20-23)12-21-9-3-5-16(21)17-6-4-10-25-17/h4,6-8,10-11,16H,3,5,9,12H2,1-2H3/p+1/t16-/m0/s1. The van der Waals surface area contributed by atoms with E-state index in [4.69, 9.17) is 12.2 Å². The second-order valence-electron chi connectivity index (χ2n) is 6.74. The topological polar surface area (TPSA) is 40.1 Å². The Bertz CT molecular complexity index is 925. The Balaban J connectivity index is 1.60. The lowest BCUT2D eigenvalue weighted by molar-refractivity contribution is -0.941. The monoisotopic (exact) mass is 372 g/mol. The molecule has 0 saturated carbocycles. The van der Waals surface area contributed by atoms with E-state index < -0.39 is 0 Å². The van der Waals surface area contributed by atoms with Crippen LogP contribution in [0.1, 0.15) is 34.9 Å². The molecule has 4 rings (SSSR count). The Morgan fingerprint density at radius 3 is 2.92 bits per heavy atom. The Morgan fingerprint density at radius 1 is 1.28 bits per heavy atom. The summed E-state index contributed by atoms with van der Waals surface area (Å²) < 4.78 is 4.31. The smallest absolute Gasteiger partial charge is 0.225 e. The summed E-state index contributed by atoms with van der Waals surface area (Å²) in [4.78, 5) is 2.98. The number of benzene rings is 1. The van der Waals surface area contributed by atoms with Crippen molar-refractivity contribution in [3.05, 3.63) is 56.5 Å². The van der Waals surface area contributed by atoms with E-state index >= 15 is 0 Å². The van der Waals surface area contributed by atoms with Gasteiger partial charge in [-0.3, -0.25) is 0 Å². The number of quaternary nitrogens is 1. The van der Waals surface area contributed by atoms with Gasteiger partial charge in [0, 0.05) is 12.8 Å². The van der Waals surface area contributed by atoms with Crippen LogP contribution < -0.4 is 4.90 Å². The number of nitrogens with zero attached hydrogens (tertiary/aromatic N) is 4. The highest BCUT2D eigenvalue weighted by Gasteiger charge is 2.31. The van der Waals surface area contributed by atoms with Crippen molar-refractivity contribution in [2.24, 2.45) is 0 Å². The van der Waals surface area contributed by atoms with Gasteiger partial charge in [-0.25, -0.2) is 0 Å². The van der Waals surface area contributed by atoms with Gasteiger partial charge in [0.05, 0.1) is 17.1 Å². The largest absolute Gasteiger partial charge is 0.309 e. The van der Waals surface area contributed by atoms with E-state index in [-0.39, 0.29) is 0 Å². The van der Waals surface area contributed by atoms with Gasteiger partial charge in [0.1, 0.15) is 6.04 Å². The Hall–Kier alpha value is -1.83. The summed E-state index contributed by atoms with van der Waals surface area (Å²) in [5, 5.41) is 10.8. The molecule has 1 aromatic carbocycles.